The Morgan fingerprint density at radius 3 is 2.55 bits per heavy atom. The molecule has 1 amide bonds. The maximum Gasteiger partial charge on any atom is 0.257 e. The van der Waals surface area contributed by atoms with Crippen LogP contribution in [0.5, 0.6) is 0 Å². The maximum absolute atomic E-state index is 14.1. The SMILES string of the molecule is CC(c1ccccc1F)N(C)C(=O)C(F)C1CC(N)C1. The molecule has 1 aliphatic rings. The van der Waals surface area contributed by atoms with Gasteiger partial charge in [-0.15, -0.1) is 0 Å². The molecule has 20 heavy (non-hydrogen) atoms. The lowest BCUT2D eigenvalue weighted by molar-refractivity contribution is -0.140. The molecule has 2 N–H and O–H groups in total. The fraction of sp³-hybridized carbons (Fsp3) is 0.533. The number of nitrogens with zero attached hydrogens (tertiary/aromatic N) is 1. The van der Waals surface area contributed by atoms with Crippen LogP contribution in [-0.2, 0) is 4.79 Å². The highest BCUT2D eigenvalue weighted by Gasteiger charge is 2.39. The van der Waals surface area contributed by atoms with E-state index in [-0.39, 0.29) is 17.8 Å². The van der Waals surface area contributed by atoms with Crippen molar-refractivity contribution in [3.05, 3.63) is 35.6 Å². The van der Waals surface area contributed by atoms with Crippen LogP contribution in [-0.4, -0.2) is 30.1 Å². The molecule has 0 saturated heterocycles. The Hall–Kier alpha value is -1.49. The molecule has 2 rings (SSSR count). The number of carbonyl (C=O) groups is 1. The Kier molecular flexibility index (Phi) is 4.38. The van der Waals surface area contributed by atoms with Gasteiger partial charge in [0.25, 0.3) is 5.91 Å². The van der Waals surface area contributed by atoms with E-state index in [4.69, 9.17) is 5.73 Å². The summed E-state index contributed by atoms with van der Waals surface area (Å²) in [5.74, 6) is -1.29. The largest absolute Gasteiger partial charge is 0.336 e. The molecule has 2 atom stereocenters. The summed E-state index contributed by atoms with van der Waals surface area (Å²) in [6.45, 7) is 1.69. The predicted octanol–water partition coefficient (Wildman–Crippen LogP) is 2.42. The maximum atomic E-state index is 14.1. The normalized spacial score (nSPS) is 24.6. The first kappa shape index (κ1) is 14.9. The van der Waals surface area contributed by atoms with E-state index >= 15 is 0 Å². The summed E-state index contributed by atoms with van der Waals surface area (Å²) < 4.78 is 27.8. The summed E-state index contributed by atoms with van der Waals surface area (Å²) in [5.41, 5.74) is 6.00. The standard InChI is InChI=1S/C15H20F2N2O/c1-9(12-5-3-4-6-13(12)16)19(2)15(20)14(17)10-7-11(18)8-10/h3-6,9-11,14H,7-8,18H2,1-2H3. The zero-order valence-corrected chi connectivity index (χ0v) is 11.7. The minimum atomic E-state index is -1.55. The summed E-state index contributed by atoms with van der Waals surface area (Å²) in [6, 6.07) is 5.72. The second kappa shape index (κ2) is 5.87. The molecule has 1 aliphatic carbocycles. The van der Waals surface area contributed by atoms with Crippen molar-refractivity contribution in [2.24, 2.45) is 11.7 Å². The molecule has 0 spiro atoms. The van der Waals surface area contributed by atoms with Crippen LogP contribution in [0.25, 0.3) is 0 Å². The molecule has 0 bridgehead atoms. The molecule has 3 nitrogen and oxygen atoms in total. The molecular formula is C15H20F2N2O. The zero-order valence-electron chi connectivity index (χ0n) is 11.7. The van der Waals surface area contributed by atoms with Crippen molar-refractivity contribution in [1.82, 2.24) is 4.90 Å². The number of halogens is 2. The highest BCUT2D eigenvalue weighted by molar-refractivity contribution is 5.81. The molecule has 110 valence electrons. The summed E-state index contributed by atoms with van der Waals surface area (Å²) in [4.78, 5) is 13.4. The summed E-state index contributed by atoms with van der Waals surface area (Å²) in [7, 11) is 1.50. The molecule has 1 fully saturated rings. The van der Waals surface area contributed by atoms with Crippen molar-refractivity contribution in [1.29, 1.82) is 0 Å². The van der Waals surface area contributed by atoms with E-state index in [1.165, 1.54) is 18.0 Å². The first-order valence-electron chi connectivity index (χ1n) is 6.82. The molecule has 2 unspecified atom stereocenters. The van der Waals surface area contributed by atoms with E-state index in [9.17, 15) is 13.6 Å². The smallest absolute Gasteiger partial charge is 0.257 e. The van der Waals surface area contributed by atoms with E-state index in [1.54, 1.807) is 25.1 Å². The second-order valence-corrected chi connectivity index (χ2v) is 5.54. The minimum absolute atomic E-state index is 0.000322. The fourth-order valence-electron chi connectivity index (χ4n) is 2.56. The van der Waals surface area contributed by atoms with Crippen LogP contribution in [0.15, 0.2) is 24.3 Å². The monoisotopic (exact) mass is 282 g/mol. The zero-order chi connectivity index (χ0) is 14.9. The van der Waals surface area contributed by atoms with Gasteiger partial charge < -0.3 is 10.6 Å². The number of nitrogens with two attached hydrogens (primary N) is 1. The third-order valence-electron chi connectivity index (χ3n) is 4.14. The van der Waals surface area contributed by atoms with Crippen LogP contribution in [0.3, 0.4) is 0 Å². The van der Waals surface area contributed by atoms with Gasteiger partial charge in [-0.1, -0.05) is 18.2 Å². The summed E-state index contributed by atoms with van der Waals surface area (Å²) in [6.07, 6.45) is -0.474. The van der Waals surface area contributed by atoms with Gasteiger partial charge >= 0.3 is 0 Å². The van der Waals surface area contributed by atoms with Crippen LogP contribution in [0, 0.1) is 11.7 Å². The van der Waals surface area contributed by atoms with Gasteiger partial charge in [-0.25, -0.2) is 8.78 Å². The molecule has 5 heteroatoms. The minimum Gasteiger partial charge on any atom is -0.336 e. The molecule has 1 saturated carbocycles. The number of hydrogen-bond donors (Lipinski definition) is 1. The van der Waals surface area contributed by atoms with E-state index in [0.29, 0.717) is 18.4 Å². The number of rotatable bonds is 4. The molecule has 0 heterocycles. The summed E-state index contributed by atoms with van der Waals surface area (Å²) in [5, 5.41) is 0. The molecule has 0 aliphatic heterocycles. The molecular weight excluding hydrogens is 262 g/mol. The van der Waals surface area contributed by atoms with Gasteiger partial charge in [0, 0.05) is 24.6 Å². The lowest BCUT2D eigenvalue weighted by atomic mass is 9.77. The van der Waals surface area contributed by atoms with Crippen molar-refractivity contribution in [2.45, 2.75) is 38.0 Å². The number of hydrogen-bond acceptors (Lipinski definition) is 2. The van der Waals surface area contributed by atoms with Crippen LogP contribution in [0.2, 0.25) is 0 Å². The number of alkyl halides is 1. The molecule has 1 aromatic carbocycles. The second-order valence-electron chi connectivity index (χ2n) is 5.54. The highest BCUT2D eigenvalue weighted by Crippen LogP contribution is 2.32. The van der Waals surface area contributed by atoms with Crippen molar-refractivity contribution in [2.75, 3.05) is 7.05 Å². The lowest BCUT2D eigenvalue weighted by Gasteiger charge is -2.36. The van der Waals surface area contributed by atoms with Crippen molar-refractivity contribution in [3.8, 4) is 0 Å². The van der Waals surface area contributed by atoms with Crippen molar-refractivity contribution < 1.29 is 13.6 Å². The van der Waals surface area contributed by atoms with Gasteiger partial charge in [0.2, 0.25) is 0 Å². The Morgan fingerprint density at radius 1 is 1.40 bits per heavy atom. The van der Waals surface area contributed by atoms with Crippen LogP contribution < -0.4 is 5.73 Å². The van der Waals surface area contributed by atoms with Gasteiger partial charge in [-0.2, -0.15) is 0 Å². The predicted molar refractivity (Wildman–Crippen MR) is 73.2 cm³/mol. The quantitative estimate of drug-likeness (QED) is 0.922. The van der Waals surface area contributed by atoms with E-state index in [1.807, 2.05) is 0 Å². The van der Waals surface area contributed by atoms with E-state index < -0.39 is 18.1 Å². The highest BCUT2D eigenvalue weighted by atomic mass is 19.1. The van der Waals surface area contributed by atoms with Crippen molar-refractivity contribution >= 4 is 5.91 Å². The number of amides is 1. The van der Waals surface area contributed by atoms with E-state index in [0.717, 1.165) is 0 Å². The van der Waals surface area contributed by atoms with Gasteiger partial charge in [0.05, 0.1) is 6.04 Å². The Morgan fingerprint density at radius 2 is 2.00 bits per heavy atom. The van der Waals surface area contributed by atoms with Gasteiger partial charge in [0.15, 0.2) is 6.17 Å². The third kappa shape index (κ3) is 2.82. The first-order chi connectivity index (χ1) is 9.41. The first-order valence-corrected chi connectivity index (χ1v) is 6.82. The average Bonchev–Trinajstić information content (AvgIpc) is 2.41. The molecule has 0 radical (unpaired) electrons. The lowest BCUT2D eigenvalue weighted by Crippen LogP contribution is -2.47. The Balaban J connectivity index is 2.04. The Labute approximate surface area is 117 Å². The van der Waals surface area contributed by atoms with Gasteiger partial charge in [-0.05, 0) is 25.8 Å². The molecule has 1 aromatic rings. The van der Waals surface area contributed by atoms with Crippen LogP contribution in [0.4, 0.5) is 8.78 Å². The number of carbonyl (C=O) groups excluding carboxylic acids is 1. The Bertz CT molecular complexity index is 489. The fourth-order valence-corrected chi connectivity index (χ4v) is 2.56. The average molecular weight is 282 g/mol. The van der Waals surface area contributed by atoms with E-state index in [2.05, 4.69) is 0 Å². The molecule has 0 aromatic heterocycles. The van der Waals surface area contributed by atoms with Gasteiger partial charge in [-0.3, -0.25) is 4.79 Å². The summed E-state index contributed by atoms with van der Waals surface area (Å²) >= 11 is 0. The third-order valence-corrected chi connectivity index (χ3v) is 4.14. The van der Waals surface area contributed by atoms with Crippen molar-refractivity contribution in [3.63, 3.8) is 0 Å². The van der Waals surface area contributed by atoms with Crippen LogP contribution >= 0.6 is 0 Å². The van der Waals surface area contributed by atoms with Crippen LogP contribution in [0.1, 0.15) is 31.4 Å². The van der Waals surface area contributed by atoms with Gasteiger partial charge in [0.1, 0.15) is 5.82 Å². The topological polar surface area (TPSA) is 46.3 Å². The number of benzene rings is 1.